The van der Waals surface area contributed by atoms with Crippen LogP contribution in [0.5, 0.6) is 0 Å². The van der Waals surface area contributed by atoms with Gasteiger partial charge in [0.2, 0.25) is 0 Å². The van der Waals surface area contributed by atoms with Crippen LogP contribution in [0.3, 0.4) is 0 Å². The fourth-order valence-corrected chi connectivity index (χ4v) is 1.49. The van der Waals surface area contributed by atoms with Crippen LogP contribution in [0.1, 0.15) is 27.2 Å². The molecule has 0 fully saturated rings. The lowest BCUT2D eigenvalue weighted by atomic mass is 10.1. The Morgan fingerprint density at radius 1 is 1.44 bits per heavy atom. The summed E-state index contributed by atoms with van der Waals surface area (Å²) in [5.74, 6) is 7.55. The normalized spacial score (nSPS) is 12.2. The van der Waals surface area contributed by atoms with E-state index in [9.17, 15) is 0 Å². The van der Waals surface area contributed by atoms with Crippen molar-refractivity contribution in [2.45, 2.75) is 27.2 Å². The molecule has 90 valence electrons. The summed E-state index contributed by atoms with van der Waals surface area (Å²) in [5, 5.41) is 0. The van der Waals surface area contributed by atoms with Gasteiger partial charge in [0.05, 0.1) is 0 Å². The van der Waals surface area contributed by atoms with Crippen molar-refractivity contribution in [3.63, 3.8) is 0 Å². The second-order valence-electron chi connectivity index (χ2n) is 3.96. The topological polar surface area (TPSA) is 67.1 Å². The summed E-state index contributed by atoms with van der Waals surface area (Å²) >= 11 is 0. The van der Waals surface area contributed by atoms with Gasteiger partial charge in [-0.15, -0.1) is 0 Å². The van der Waals surface area contributed by atoms with E-state index < -0.39 is 0 Å². The molecule has 0 spiro atoms. The van der Waals surface area contributed by atoms with Crippen molar-refractivity contribution >= 4 is 11.6 Å². The number of nitrogens with zero attached hydrogens (tertiary/aromatic N) is 3. The third-order valence-corrected chi connectivity index (χ3v) is 2.74. The zero-order chi connectivity index (χ0) is 12.0. The SMILES string of the molecule is CCC(C)CN(CC)c1cc(NN)ncn1. The average molecular weight is 223 g/mol. The summed E-state index contributed by atoms with van der Waals surface area (Å²) in [6.07, 6.45) is 2.70. The van der Waals surface area contributed by atoms with E-state index in [0.29, 0.717) is 11.7 Å². The Balaban J connectivity index is 2.77. The van der Waals surface area contributed by atoms with Crippen LogP contribution in [-0.2, 0) is 0 Å². The number of hydrogen-bond acceptors (Lipinski definition) is 5. The van der Waals surface area contributed by atoms with E-state index in [1.807, 2.05) is 6.07 Å². The minimum absolute atomic E-state index is 0.646. The average Bonchev–Trinajstić information content (AvgIpc) is 2.35. The van der Waals surface area contributed by atoms with Crippen molar-refractivity contribution in [1.82, 2.24) is 9.97 Å². The maximum Gasteiger partial charge on any atom is 0.145 e. The Labute approximate surface area is 97.0 Å². The quantitative estimate of drug-likeness (QED) is 0.567. The first-order chi connectivity index (χ1) is 7.71. The van der Waals surface area contributed by atoms with E-state index in [1.54, 1.807) is 0 Å². The van der Waals surface area contributed by atoms with Gasteiger partial charge >= 0.3 is 0 Å². The maximum absolute atomic E-state index is 5.33. The van der Waals surface area contributed by atoms with Gasteiger partial charge in [-0.1, -0.05) is 20.3 Å². The molecule has 0 aromatic carbocycles. The molecule has 1 rings (SSSR count). The first-order valence-electron chi connectivity index (χ1n) is 5.74. The highest BCUT2D eigenvalue weighted by Gasteiger charge is 2.10. The Morgan fingerprint density at radius 2 is 2.19 bits per heavy atom. The Hall–Kier alpha value is -1.36. The number of nitrogens with two attached hydrogens (primary N) is 1. The summed E-state index contributed by atoms with van der Waals surface area (Å²) in [4.78, 5) is 10.5. The van der Waals surface area contributed by atoms with E-state index >= 15 is 0 Å². The lowest BCUT2D eigenvalue weighted by Crippen LogP contribution is -2.29. The molecule has 1 aromatic heterocycles. The molecule has 0 aliphatic carbocycles. The minimum Gasteiger partial charge on any atom is -0.356 e. The molecule has 1 unspecified atom stereocenters. The highest BCUT2D eigenvalue weighted by Crippen LogP contribution is 2.15. The Bertz CT molecular complexity index is 315. The van der Waals surface area contributed by atoms with E-state index in [4.69, 9.17) is 5.84 Å². The van der Waals surface area contributed by atoms with Crippen LogP contribution in [-0.4, -0.2) is 23.1 Å². The number of hydrazine groups is 1. The standard InChI is InChI=1S/C11H21N5/c1-4-9(3)7-16(5-2)11-6-10(15-12)13-8-14-11/h6,8-9H,4-5,7,12H2,1-3H3,(H,13,14,15). The molecular formula is C11H21N5. The molecule has 1 aromatic rings. The summed E-state index contributed by atoms with van der Waals surface area (Å²) in [7, 11) is 0. The van der Waals surface area contributed by atoms with E-state index in [1.165, 1.54) is 12.7 Å². The molecule has 0 aliphatic heterocycles. The van der Waals surface area contributed by atoms with Crippen LogP contribution in [0.25, 0.3) is 0 Å². The second kappa shape index (κ2) is 6.27. The van der Waals surface area contributed by atoms with Gasteiger partial charge in [0, 0.05) is 19.2 Å². The van der Waals surface area contributed by atoms with Crippen LogP contribution in [0, 0.1) is 5.92 Å². The molecule has 0 saturated heterocycles. The molecule has 1 atom stereocenters. The first-order valence-corrected chi connectivity index (χ1v) is 5.74. The summed E-state index contributed by atoms with van der Waals surface area (Å²) in [5.41, 5.74) is 2.54. The van der Waals surface area contributed by atoms with Gasteiger partial charge in [0.1, 0.15) is 18.0 Å². The third kappa shape index (κ3) is 3.34. The number of nitrogens with one attached hydrogen (secondary N) is 1. The van der Waals surface area contributed by atoms with Crippen LogP contribution < -0.4 is 16.2 Å². The predicted molar refractivity (Wildman–Crippen MR) is 67.2 cm³/mol. The van der Waals surface area contributed by atoms with Crippen molar-refractivity contribution in [1.29, 1.82) is 0 Å². The van der Waals surface area contributed by atoms with Gasteiger partial charge in [-0.3, -0.25) is 0 Å². The van der Waals surface area contributed by atoms with Crippen molar-refractivity contribution < 1.29 is 0 Å². The zero-order valence-electron chi connectivity index (χ0n) is 10.3. The molecule has 16 heavy (non-hydrogen) atoms. The molecule has 5 heteroatoms. The van der Waals surface area contributed by atoms with Crippen LogP contribution in [0.4, 0.5) is 11.6 Å². The summed E-state index contributed by atoms with van der Waals surface area (Å²) < 4.78 is 0. The zero-order valence-corrected chi connectivity index (χ0v) is 10.3. The third-order valence-electron chi connectivity index (χ3n) is 2.74. The second-order valence-corrected chi connectivity index (χ2v) is 3.96. The molecule has 3 N–H and O–H groups in total. The van der Waals surface area contributed by atoms with Gasteiger partial charge < -0.3 is 10.3 Å². The van der Waals surface area contributed by atoms with Gasteiger partial charge in [0.15, 0.2) is 0 Å². The first kappa shape index (κ1) is 12.7. The van der Waals surface area contributed by atoms with E-state index in [-0.39, 0.29) is 0 Å². The molecular weight excluding hydrogens is 202 g/mol. The smallest absolute Gasteiger partial charge is 0.145 e. The van der Waals surface area contributed by atoms with Crippen LogP contribution >= 0.6 is 0 Å². The number of nitrogen functional groups attached to an aromatic ring is 1. The van der Waals surface area contributed by atoms with Gasteiger partial charge in [-0.2, -0.15) is 0 Å². The summed E-state index contributed by atoms with van der Waals surface area (Å²) in [6, 6.07) is 1.87. The number of anilines is 2. The molecule has 0 saturated carbocycles. The van der Waals surface area contributed by atoms with Gasteiger partial charge in [-0.05, 0) is 12.8 Å². The Kier molecular flexibility index (Phi) is 4.98. The fourth-order valence-electron chi connectivity index (χ4n) is 1.49. The van der Waals surface area contributed by atoms with E-state index in [2.05, 4.69) is 41.1 Å². The van der Waals surface area contributed by atoms with Gasteiger partial charge in [-0.25, -0.2) is 15.8 Å². The Morgan fingerprint density at radius 3 is 2.75 bits per heavy atom. The molecule has 0 radical (unpaired) electrons. The van der Waals surface area contributed by atoms with Crippen LogP contribution in [0.2, 0.25) is 0 Å². The predicted octanol–water partition coefficient (Wildman–Crippen LogP) is 1.63. The van der Waals surface area contributed by atoms with Gasteiger partial charge in [0.25, 0.3) is 0 Å². The number of hydrogen-bond donors (Lipinski definition) is 2. The van der Waals surface area contributed by atoms with E-state index in [0.717, 1.165) is 18.9 Å². The maximum atomic E-state index is 5.33. The number of rotatable bonds is 6. The monoisotopic (exact) mass is 223 g/mol. The molecule has 0 aliphatic rings. The number of aromatic nitrogens is 2. The molecule has 5 nitrogen and oxygen atoms in total. The van der Waals surface area contributed by atoms with Crippen molar-refractivity contribution in [2.24, 2.45) is 11.8 Å². The van der Waals surface area contributed by atoms with Crippen LogP contribution in [0.15, 0.2) is 12.4 Å². The molecule has 1 heterocycles. The molecule has 0 amide bonds. The van der Waals surface area contributed by atoms with Crippen molar-refractivity contribution in [3.8, 4) is 0 Å². The highest BCUT2D eigenvalue weighted by molar-refractivity contribution is 5.47. The van der Waals surface area contributed by atoms with Crippen molar-refractivity contribution in [2.75, 3.05) is 23.4 Å². The lowest BCUT2D eigenvalue weighted by Gasteiger charge is -2.25. The summed E-state index contributed by atoms with van der Waals surface area (Å²) in [6.45, 7) is 8.51. The highest BCUT2D eigenvalue weighted by atomic mass is 15.3. The largest absolute Gasteiger partial charge is 0.356 e. The van der Waals surface area contributed by atoms with Crippen molar-refractivity contribution in [3.05, 3.63) is 12.4 Å². The minimum atomic E-state index is 0.646. The lowest BCUT2D eigenvalue weighted by molar-refractivity contribution is 0.545. The molecule has 0 bridgehead atoms. The fraction of sp³-hybridized carbons (Fsp3) is 0.636.